The van der Waals surface area contributed by atoms with Gasteiger partial charge in [-0.2, -0.15) is 0 Å². The van der Waals surface area contributed by atoms with Gasteiger partial charge in [-0.25, -0.2) is 4.79 Å². The zero-order valence-electron chi connectivity index (χ0n) is 14.9. The number of hydrogen-bond donors (Lipinski definition) is 1. The van der Waals surface area contributed by atoms with E-state index in [9.17, 15) is 9.59 Å². The van der Waals surface area contributed by atoms with Crippen LogP contribution >= 0.6 is 0 Å². The molecule has 0 bridgehead atoms. The van der Waals surface area contributed by atoms with Gasteiger partial charge in [-0.05, 0) is 42.8 Å². The number of hydrogen-bond acceptors (Lipinski definition) is 6. The molecule has 140 valence electrons. The second kappa shape index (κ2) is 8.27. The first-order chi connectivity index (χ1) is 13.0. The lowest BCUT2D eigenvalue weighted by Crippen LogP contribution is -2.29. The van der Waals surface area contributed by atoms with Crippen molar-refractivity contribution in [3.8, 4) is 17.2 Å². The Labute approximate surface area is 156 Å². The maximum atomic E-state index is 12.2. The summed E-state index contributed by atoms with van der Waals surface area (Å²) in [6, 6.07) is 12.2. The van der Waals surface area contributed by atoms with Crippen molar-refractivity contribution in [1.29, 1.82) is 0 Å². The molecule has 0 saturated heterocycles. The molecule has 7 nitrogen and oxygen atoms in total. The summed E-state index contributed by atoms with van der Waals surface area (Å²) in [4.78, 5) is 24.1. The van der Waals surface area contributed by atoms with E-state index in [1.807, 2.05) is 0 Å². The van der Waals surface area contributed by atoms with E-state index in [-0.39, 0.29) is 6.79 Å². The Bertz CT molecular complexity index is 859. The molecule has 1 atom stereocenters. The van der Waals surface area contributed by atoms with Gasteiger partial charge in [0.15, 0.2) is 17.6 Å². The highest BCUT2D eigenvalue weighted by Gasteiger charge is 2.19. The van der Waals surface area contributed by atoms with Crippen molar-refractivity contribution in [2.45, 2.75) is 13.0 Å². The predicted molar refractivity (Wildman–Crippen MR) is 98.8 cm³/mol. The molecular weight excluding hydrogens is 350 g/mol. The number of methoxy groups -OCH3 is 1. The third-order valence-electron chi connectivity index (χ3n) is 3.83. The molecular formula is C20H19NO6. The second-order valence-electron chi connectivity index (χ2n) is 5.74. The number of carbonyl (C=O) groups excluding carboxylic acids is 2. The van der Waals surface area contributed by atoms with Gasteiger partial charge in [0, 0.05) is 17.8 Å². The van der Waals surface area contributed by atoms with Crippen LogP contribution in [-0.2, 0) is 14.3 Å². The molecule has 2 aromatic carbocycles. The van der Waals surface area contributed by atoms with Gasteiger partial charge >= 0.3 is 5.97 Å². The van der Waals surface area contributed by atoms with Crippen molar-refractivity contribution in [1.82, 2.24) is 0 Å². The zero-order valence-corrected chi connectivity index (χ0v) is 14.9. The van der Waals surface area contributed by atoms with Crippen molar-refractivity contribution in [2.24, 2.45) is 0 Å². The summed E-state index contributed by atoms with van der Waals surface area (Å²) in [5, 5.41) is 2.67. The summed E-state index contributed by atoms with van der Waals surface area (Å²) < 4.78 is 20.7. The van der Waals surface area contributed by atoms with Gasteiger partial charge < -0.3 is 24.3 Å². The predicted octanol–water partition coefficient (Wildman–Crippen LogP) is 3.01. The number of nitrogens with one attached hydrogen (secondary N) is 1. The van der Waals surface area contributed by atoms with E-state index >= 15 is 0 Å². The van der Waals surface area contributed by atoms with Crippen LogP contribution in [0.2, 0.25) is 0 Å². The molecule has 7 heteroatoms. The summed E-state index contributed by atoms with van der Waals surface area (Å²) in [5.74, 6) is 0.846. The Morgan fingerprint density at radius 2 is 1.85 bits per heavy atom. The standard InChI is InChI=1S/C20H19NO6/c1-13(20(23)21-15-6-9-17-18(11-15)26-12-25-17)27-19(22)10-5-14-3-7-16(24-2)8-4-14/h3-11,13H,12H2,1-2H3,(H,21,23)/b10-5+. The van der Waals surface area contributed by atoms with Crippen molar-refractivity contribution in [3.05, 3.63) is 54.1 Å². The lowest BCUT2D eigenvalue weighted by Gasteiger charge is -2.12. The number of ether oxygens (including phenoxy) is 4. The average molecular weight is 369 g/mol. The van der Waals surface area contributed by atoms with Crippen LogP contribution in [-0.4, -0.2) is 31.9 Å². The Kier molecular flexibility index (Phi) is 5.61. The van der Waals surface area contributed by atoms with Crippen LogP contribution in [0.1, 0.15) is 12.5 Å². The summed E-state index contributed by atoms with van der Waals surface area (Å²) in [6.07, 6.45) is 1.92. The first kappa shape index (κ1) is 18.3. The summed E-state index contributed by atoms with van der Waals surface area (Å²) in [7, 11) is 1.58. The second-order valence-corrected chi connectivity index (χ2v) is 5.74. The van der Waals surface area contributed by atoms with E-state index in [0.717, 1.165) is 11.3 Å². The Hall–Kier alpha value is -3.48. The van der Waals surface area contributed by atoms with Gasteiger partial charge in [0.25, 0.3) is 5.91 Å². The number of benzene rings is 2. The van der Waals surface area contributed by atoms with Gasteiger partial charge in [0.1, 0.15) is 5.75 Å². The van der Waals surface area contributed by atoms with Crippen LogP contribution in [0.25, 0.3) is 6.08 Å². The van der Waals surface area contributed by atoms with E-state index in [2.05, 4.69) is 5.32 Å². The van der Waals surface area contributed by atoms with Crippen LogP contribution in [0.3, 0.4) is 0 Å². The molecule has 0 fully saturated rings. The lowest BCUT2D eigenvalue weighted by atomic mass is 10.2. The van der Waals surface area contributed by atoms with Gasteiger partial charge in [-0.1, -0.05) is 12.1 Å². The summed E-state index contributed by atoms with van der Waals surface area (Å²) >= 11 is 0. The van der Waals surface area contributed by atoms with Gasteiger partial charge in [0.05, 0.1) is 7.11 Å². The molecule has 3 rings (SSSR count). The number of esters is 1. The number of rotatable bonds is 6. The number of fused-ring (bicyclic) bond motifs is 1. The normalized spacial score (nSPS) is 13.3. The number of anilines is 1. The molecule has 0 radical (unpaired) electrons. The molecule has 1 unspecified atom stereocenters. The van der Waals surface area contributed by atoms with E-state index in [0.29, 0.717) is 17.2 Å². The molecule has 1 aliphatic rings. The molecule has 1 amide bonds. The minimum Gasteiger partial charge on any atom is -0.497 e. The Morgan fingerprint density at radius 1 is 1.11 bits per heavy atom. The number of carbonyl (C=O) groups is 2. The van der Waals surface area contributed by atoms with E-state index in [1.165, 1.54) is 13.0 Å². The first-order valence-corrected chi connectivity index (χ1v) is 8.28. The van der Waals surface area contributed by atoms with Crippen molar-refractivity contribution < 1.29 is 28.5 Å². The monoisotopic (exact) mass is 369 g/mol. The SMILES string of the molecule is COc1ccc(/C=C/C(=O)OC(C)C(=O)Nc2ccc3c(c2)OCO3)cc1. The molecule has 27 heavy (non-hydrogen) atoms. The Balaban J connectivity index is 1.52. The first-order valence-electron chi connectivity index (χ1n) is 8.28. The highest BCUT2D eigenvalue weighted by atomic mass is 16.7. The van der Waals surface area contributed by atoms with Gasteiger partial charge in [0.2, 0.25) is 6.79 Å². The van der Waals surface area contributed by atoms with Gasteiger partial charge in [-0.3, -0.25) is 4.79 Å². The van der Waals surface area contributed by atoms with Crippen LogP contribution in [0.15, 0.2) is 48.5 Å². The van der Waals surface area contributed by atoms with E-state index in [4.69, 9.17) is 18.9 Å². The lowest BCUT2D eigenvalue weighted by molar-refractivity contribution is -0.148. The maximum absolute atomic E-state index is 12.2. The largest absolute Gasteiger partial charge is 0.497 e. The van der Waals surface area contributed by atoms with E-state index in [1.54, 1.807) is 55.7 Å². The highest BCUT2D eigenvalue weighted by molar-refractivity contribution is 5.96. The smallest absolute Gasteiger partial charge is 0.331 e. The maximum Gasteiger partial charge on any atom is 0.331 e. The minimum atomic E-state index is -0.955. The van der Waals surface area contributed by atoms with Crippen LogP contribution in [0.5, 0.6) is 17.2 Å². The number of amides is 1. The molecule has 0 spiro atoms. The van der Waals surface area contributed by atoms with Gasteiger partial charge in [-0.15, -0.1) is 0 Å². The minimum absolute atomic E-state index is 0.154. The van der Waals surface area contributed by atoms with Crippen molar-refractivity contribution >= 4 is 23.6 Å². The fourth-order valence-corrected chi connectivity index (χ4v) is 2.36. The van der Waals surface area contributed by atoms with Crippen LogP contribution in [0.4, 0.5) is 5.69 Å². The fraction of sp³-hybridized carbons (Fsp3) is 0.200. The Morgan fingerprint density at radius 3 is 2.59 bits per heavy atom. The zero-order chi connectivity index (χ0) is 19.2. The highest BCUT2D eigenvalue weighted by Crippen LogP contribution is 2.34. The topological polar surface area (TPSA) is 83.1 Å². The fourth-order valence-electron chi connectivity index (χ4n) is 2.36. The van der Waals surface area contributed by atoms with Crippen LogP contribution in [0, 0.1) is 0 Å². The van der Waals surface area contributed by atoms with Crippen LogP contribution < -0.4 is 19.5 Å². The quantitative estimate of drug-likeness (QED) is 0.623. The summed E-state index contributed by atoms with van der Waals surface area (Å²) in [6.45, 7) is 1.66. The molecule has 1 heterocycles. The molecule has 2 aromatic rings. The van der Waals surface area contributed by atoms with Crippen molar-refractivity contribution in [2.75, 3.05) is 19.2 Å². The van der Waals surface area contributed by atoms with Crippen molar-refractivity contribution in [3.63, 3.8) is 0 Å². The third-order valence-corrected chi connectivity index (χ3v) is 3.83. The molecule has 0 aromatic heterocycles. The molecule has 1 aliphatic heterocycles. The molecule has 0 aliphatic carbocycles. The average Bonchev–Trinajstić information content (AvgIpc) is 3.14. The summed E-state index contributed by atoms with van der Waals surface area (Å²) in [5.41, 5.74) is 1.34. The third kappa shape index (κ3) is 4.78. The molecule has 1 N–H and O–H groups in total. The molecule has 0 saturated carbocycles. The van der Waals surface area contributed by atoms with E-state index < -0.39 is 18.0 Å².